The van der Waals surface area contributed by atoms with Gasteiger partial charge in [-0.3, -0.25) is 10.2 Å². The van der Waals surface area contributed by atoms with E-state index in [-0.39, 0.29) is 5.91 Å². The first-order chi connectivity index (χ1) is 7.76. The first-order valence-corrected chi connectivity index (χ1v) is 5.06. The molecule has 0 aliphatic heterocycles. The largest absolute Gasteiger partial charge is 0.379 e. The molecule has 0 bridgehead atoms. The van der Waals surface area contributed by atoms with Crippen LogP contribution in [-0.4, -0.2) is 34.6 Å². The van der Waals surface area contributed by atoms with Gasteiger partial charge in [0.15, 0.2) is 0 Å². The number of aliphatic hydroxyl groups is 2. The van der Waals surface area contributed by atoms with Gasteiger partial charge in [-0.25, -0.2) is 0 Å². The Kier molecular flexibility index (Phi) is 5.49. The lowest BCUT2D eigenvalue weighted by Gasteiger charge is -2.17. The molecule has 0 heterocycles. The molecule has 88 valence electrons. The number of carbonyl (C=O) groups excluding carboxylic acids is 1. The van der Waals surface area contributed by atoms with E-state index in [9.17, 15) is 4.79 Å². The minimum Gasteiger partial charge on any atom is -0.379 e. The van der Waals surface area contributed by atoms with Crippen molar-refractivity contribution in [3.05, 3.63) is 35.9 Å². The number of aryl methyl sites for hydroxylation is 1. The molecule has 0 aromatic heterocycles. The number of rotatable bonds is 6. The van der Waals surface area contributed by atoms with Crippen LogP contribution in [0.25, 0.3) is 0 Å². The van der Waals surface area contributed by atoms with Crippen molar-refractivity contribution >= 4 is 5.91 Å². The van der Waals surface area contributed by atoms with Gasteiger partial charge in [0.25, 0.3) is 0 Å². The molecule has 0 radical (unpaired) electrons. The monoisotopic (exact) mass is 224 g/mol. The zero-order valence-corrected chi connectivity index (χ0v) is 8.97. The van der Waals surface area contributed by atoms with Crippen molar-refractivity contribution in [3.8, 4) is 0 Å². The summed E-state index contributed by atoms with van der Waals surface area (Å²) in [5.41, 5.74) is 3.46. The van der Waals surface area contributed by atoms with Crippen LogP contribution in [-0.2, 0) is 11.2 Å². The molecule has 0 atom stereocenters. The van der Waals surface area contributed by atoms with Gasteiger partial charge >= 0.3 is 0 Å². The van der Waals surface area contributed by atoms with Gasteiger partial charge in [0.1, 0.15) is 13.5 Å². The Morgan fingerprint density at radius 1 is 1.19 bits per heavy atom. The second-order valence-electron chi connectivity index (χ2n) is 3.34. The normalized spacial score (nSPS) is 10.4. The van der Waals surface area contributed by atoms with Crippen LogP contribution >= 0.6 is 0 Å². The minimum absolute atomic E-state index is 0.230. The zero-order chi connectivity index (χ0) is 11.8. The molecular weight excluding hydrogens is 208 g/mol. The highest BCUT2D eigenvalue weighted by Crippen LogP contribution is 2.02. The van der Waals surface area contributed by atoms with Crippen molar-refractivity contribution in [1.29, 1.82) is 0 Å². The van der Waals surface area contributed by atoms with E-state index in [1.165, 1.54) is 0 Å². The van der Waals surface area contributed by atoms with Crippen molar-refractivity contribution < 1.29 is 15.0 Å². The molecule has 5 nitrogen and oxygen atoms in total. The van der Waals surface area contributed by atoms with Crippen molar-refractivity contribution in [2.24, 2.45) is 0 Å². The van der Waals surface area contributed by atoms with E-state index in [0.29, 0.717) is 12.8 Å². The number of nitrogens with zero attached hydrogens (tertiary/aromatic N) is 1. The van der Waals surface area contributed by atoms with Crippen LogP contribution in [0.1, 0.15) is 12.0 Å². The molecule has 0 unspecified atom stereocenters. The standard InChI is InChI=1S/C11H16N2O3/c14-8-13(9-15)12-11(16)7-6-10-4-2-1-3-5-10/h1-5,14-15H,6-9H2,(H,12,16). The van der Waals surface area contributed by atoms with Gasteiger partial charge in [-0.1, -0.05) is 30.3 Å². The van der Waals surface area contributed by atoms with Crippen LogP contribution in [0.15, 0.2) is 30.3 Å². The molecule has 3 N–H and O–H groups in total. The summed E-state index contributed by atoms with van der Waals surface area (Å²) in [7, 11) is 0. The fourth-order valence-electron chi connectivity index (χ4n) is 1.25. The second-order valence-corrected chi connectivity index (χ2v) is 3.34. The maximum atomic E-state index is 11.4. The summed E-state index contributed by atoms with van der Waals surface area (Å²) in [6.07, 6.45) is 0.956. The number of hydrogen-bond acceptors (Lipinski definition) is 4. The molecule has 1 rings (SSSR count). The third-order valence-electron chi connectivity index (χ3n) is 2.11. The molecule has 5 heteroatoms. The number of amides is 1. The van der Waals surface area contributed by atoms with Crippen molar-refractivity contribution in [3.63, 3.8) is 0 Å². The zero-order valence-electron chi connectivity index (χ0n) is 8.97. The van der Waals surface area contributed by atoms with Crippen molar-refractivity contribution in [2.45, 2.75) is 12.8 Å². The number of benzene rings is 1. The molecular formula is C11H16N2O3. The maximum absolute atomic E-state index is 11.4. The van der Waals surface area contributed by atoms with E-state index in [1.807, 2.05) is 30.3 Å². The number of hydrazine groups is 1. The van der Waals surface area contributed by atoms with Gasteiger partial charge < -0.3 is 10.2 Å². The Bertz CT molecular complexity index is 312. The number of aliphatic hydroxyl groups excluding tert-OH is 2. The summed E-state index contributed by atoms with van der Waals surface area (Å²) in [5, 5.41) is 18.4. The van der Waals surface area contributed by atoms with Gasteiger partial charge in [-0.05, 0) is 12.0 Å². The third kappa shape index (κ3) is 4.39. The van der Waals surface area contributed by atoms with Gasteiger partial charge in [0.05, 0.1) is 0 Å². The minimum atomic E-state index is -0.409. The highest BCUT2D eigenvalue weighted by Gasteiger charge is 2.06. The van der Waals surface area contributed by atoms with E-state index in [0.717, 1.165) is 10.6 Å². The second kappa shape index (κ2) is 6.95. The summed E-state index contributed by atoms with van der Waals surface area (Å²) in [6.45, 7) is -0.818. The maximum Gasteiger partial charge on any atom is 0.234 e. The molecule has 0 fully saturated rings. The van der Waals surface area contributed by atoms with Gasteiger partial charge in [0, 0.05) is 6.42 Å². The van der Waals surface area contributed by atoms with Crippen LogP contribution < -0.4 is 5.43 Å². The Labute approximate surface area is 94.3 Å². The van der Waals surface area contributed by atoms with Crippen LogP contribution in [0.3, 0.4) is 0 Å². The highest BCUT2D eigenvalue weighted by atomic mass is 16.3. The van der Waals surface area contributed by atoms with Crippen LogP contribution in [0.2, 0.25) is 0 Å². The van der Waals surface area contributed by atoms with Crippen LogP contribution in [0.4, 0.5) is 0 Å². The van der Waals surface area contributed by atoms with Gasteiger partial charge in [-0.2, -0.15) is 5.01 Å². The number of hydrogen-bond donors (Lipinski definition) is 3. The Balaban J connectivity index is 2.30. The smallest absolute Gasteiger partial charge is 0.234 e. The molecule has 0 aliphatic rings. The number of carbonyl (C=O) groups is 1. The molecule has 0 saturated carbocycles. The highest BCUT2D eigenvalue weighted by molar-refractivity contribution is 5.75. The fourth-order valence-corrected chi connectivity index (χ4v) is 1.25. The third-order valence-corrected chi connectivity index (χ3v) is 2.11. The first-order valence-electron chi connectivity index (χ1n) is 5.06. The number of nitrogens with one attached hydrogen (secondary N) is 1. The molecule has 0 saturated heterocycles. The Morgan fingerprint density at radius 3 is 2.38 bits per heavy atom. The Morgan fingerprint density at radius 2 is 1.81 bits per heavy atom. The average Bonchev–Trinajstić information content (AvgIpc) is 2.34. The lowest BCUT2D eigenvalue weighted by atomic mass is 10.1. The summed E-state index contributed by atoms with van der Waals surface area (Å²) >= 11 is 0. The van der Waals surface area contributed by atoms with Crippen molar-refractivity contribution in [2.75, 3.05) is 13.5 Å². The summed E-state index contributed by atoms with van der Waals surface area (Å²) in [5.74, 6) is -0.230. The predicted molar refractivity (Wildman–Crippen MR) is 58.9 cm³/mol. The molecule has 16 heavy (non-hydrogen) atoms. The molecule has 1 aromatic carbocycles. The molecule has 0 spiro atoms. The van der Waals surface area contributed by atoms with Crippen LogP contribution in [0, 0.1) is 0 Å². The SMILES string of the molecule is O=C(CCc1ccccc1)NN(CO)CO. The summed E-state index contributed by atoms with van der Waals surface area (Å²) in [6, 6.07) is 9.65. The van der Waals surface area contributed by atoms with E-state index in [2.05, 4.69) is 5.43 Å². The molecule has 1 amide bonds. The lowest BCUT2D eigenvalue weighted by Crippen LogP contribution is -2.43. The van der Waals surface area contributed by atoms with E-state index in [4.69, 9.17) is 10.2 Å². The molecule has 1 aromatic rings. The van der Waals surface area contributed by atoms with Gasteiger partial charge in [0.2, 0.25) is 5.91 Å². The van der Waals surface area contributed by atoms with E-state index >= 15 is 0 Å². The Hall–Kier alpha value is -1.43. The summed E-state index contributed by atoms with van der Waals surface area (Å²) in [4.78, 5) is 11.4. The van der Waals surface area contributed by atoms with Crippen molar-refractivity contribution in [1.82, 2.24) is 10.4 Å². The molecule has 0 aliphatic carbocycles. The lowest BCUT2D eigenvalue weighted by molar-refractivity contribution is -0.130. The predicted octanol–water partition coefficient (Wildman–Crippen LogP) is -0.148. The van der Waals surface area contributed by atoms with Crippen LogP contribution in [0.5, 0.6) is 0 Å². The topological polar surface area (TPSA) is 72.8 Å². The average molecular weight is 224 g/mol. The first kappa shape index (κ1) is 12.6. The van der Waals surface area contributed by atoms with E-state index < -0.39 is 13.5 Å². The summed E-state index contributed by atoms with van der Waals surface area (Å²) < 4.78 is 0. The fraction of sp³-hybridized carbons (Fsp3) is 0.364. The van der Waals surface area contributed by atoms with Gasteiger partial charge in [-0.15, -0.1) is 0 Å². The van der Waals surface area contributed by atoms with E-state index in [1.54, 1.807) is 0 Å². The quantitative estimate of drug-likeness (QED) is 0.464.